The molecule has 138 valence electrons. The maximum Gasteiger partial charge on any atom is 0.165 e. The van der Waals surface area contributed by atoms with Crippen LogP contribution in [0.5, 0.6) is 0 Å². The fourth-order valence-electron chi connectivity index (χ4n) is 3.01. The highest BCUT2D eigenvalue weighted by molar-refractivity contribution is 14.1. The standard InChI is InChI=1S/C23H21FINO/c24-20-11-12-21(22(25)15-20)23(27)13-14-26(16-18-7-3-1-4-8-18)17-19-9-5-2-6-10-19/h1-12,15H,13-14,16-17H2. The van der Waals surface area contributed by atoms with Crippen LogP contribution in [-0.4, -0.2) is 17.2 Å². The van der Waals surface area contributed by atoms with E-state index in [0.29, 0.717) is 22.1 Å². The van der Waals surface area contributed by atoms with Crippen molar-refractivity contribution in [3.63, 3.8) is 0 Å². The van der Waals surface area contributed by atoms with E-state index < -0.39 is 0 Å². The van der Waals surface area contributed by atoms with Gasteiger partial charge in [0.25, 0.3) is 0 Å². The number of Topliss-reactive ketones (excluding diaryl/α,β-unsaturated/α-hetero) is 1. The van der Waals surface area contributed by atoms with Crippen LogP contribution in [-0.2, 0) is 13.1 Å². The van der Waals surface area contributed by atoms with Crippen molar-refractivity contribution in [3.05, 3.63) is 105 Å². The summed E-state index contributed by atoms with van der Waals surface area (Å²) in [6.45, 7) is 2.21. The van der Waals surface area contributed by atoms with E-state index in [-0.39, 0.29) is 11.6 Å². The van der Waals surface area contributed by atoms with Crippen molar-refractivity contribution < 1.29 is 9.18 Å². The molecule has 0 radical (unpaired) electrons. The first-order chi connectivity index (χ1) is 13.1. The van der Waals surface area contributed by atoms with Crippen LogP contribution in [0.25, 0.3) is 0 Å². The van der Waals surface area contributed by atoms with Crippen molar-refractivity contribution in [2.45, 2.75) is 19.5 Å². The minimum atomic E-state index is -0.314. The van der Waals surface area contributed by atoms with Crippen molar-refractivity contribution in [2.24, 2.45) is 0 Å². The van der Waals surface area contributed by atoms with Crippen molar-refractivity contribution in [1.29, 1.82) is 0 Å². The molecule has 0 fully saturated rings. The first-order valence-electron chi connectivity index (χ1n) is 8.90. The molecule has 3 rings (SSSR count). The topological polar surface area (TPSA) is 20.3 Å². The number of hydrogen-bond acceptors (Lipinski definition) is 2. The monoisotopic (exact) mass is 473 g/mol. The van der Waals surface area contributed by atoms with Crippen LogP contribution >= 0.6 is 22.6 Å². The molecular weight excluding hydrogens is 452 g/mol. The Balaban J connectivity index is 1.69. The van der Waals surface area contributed by atoms with E-state index in [4.69, 9.17) is 0 Å². The number of hydrogen-bond donors (Lipinski definition) is 0. The van der Waals surface area contributed by atoms with Crippen LogP contribution in [0, 0.1) is 9.39 Å². The summed E-state index contributed by atoms with van der Waals surface area (Å²) >= 11 is 2.02. The third-order valence-electron chi connectivity index (χ3n) is 4.38. The van der Waals surface area contributed by atoms with Crippen LogP contribution in [0.1, 0.15) is 27.9 Å². The Morgan fingerprint density at radius 2 is 1.41 bits per heavy atom. The smallest absolute Gasteiger partial charge is 0.165 e. The maximum atomic E-state index is 13.3. The minimum absolute atomic E-state index is 0.0468. The predicted octanol–water partition coefficient (Wildman–Crippen LogP) is 5.71. The zero-order valence-electron chi connectivity index (χ0n) is 14.9. The molecule has 3 aromatic rings. The lowest BCUT2D eigenvalue weighted by atomic mass is 10.1. The summed E-state index contributed by atoms with van der Waals surface area (Å²) < 4.78 is 13.9. The van der Waals surface area contributed by atoms with Gasteiger partial charge in [0.2, 0.25) is 0 Å². The normalized spacial score (nSPS) is 10.9. The van der Waals surface area contributed by atoms with Crippen LogP contribution < -0.4 is 0 Å². The minimum Gasteiger partial charge on any atom is -0.294 e. The van der Waals surface area contributed by atoms with Crippen LogP contribution in [0.4, 0.5) is 4.39 Å². The van der Waals surface area contributed by atoms with Gasteiger partial charge in [0, 0.05) is 35.2 Å². The Morgan fingerprint density at radius 3 is 1.93 bits per heavy atom. The average molecular weight is 473 g/mol. The molecule has 0 bridgehead atoms. The molecule has 3 aromatic carbocycles. The summed E-state index contributed by atoms with van der Waals surface area (Å²) in [5.74, 6) is -0.267. The van der Waals surface area contributed by atoms with Gasteiger partial charge in [-0.15, -0.1) is 0 Å². The first-order valence-corrected chi connectivity index (χ1v) is 9.98. The number of carbonyl (C=O) groups excluding carboxylic acids is 1. The first kappa shape index (κ1) is 19.7. The van der Waals surface area contributed by atoms with Crippen molar-refractivity contribution in [2.75, 3.05) is 6.54 Å². The molecule has 0 spiro atoms. The lowest BCUT2D eigenvalue weighted by Gasteiger charge is -2.22. The second-order valence-corrected chi connectivity index (χ2v) is 7.64. The summed E-state index contributed by atoms with van der Waals surface area (Å²) in [6, 6.07) is 24.9. The number of benzene rings is 3. The molecule has 0 N–H and O–H groups in total. The number of halogens is 2. The Labute approximate surface area is 173 Å². The van der Waals surface area contributed by atoms with Gasteiger partial charge in [-0.25, -0.2) is 4.39 Å². The summed E-state index contributed by atoms with van der Waals surface area (Å²) in [5, 5.41) is 0. The molecule has 0 aliphatic carbocycles. The number of ketones is 1. The number of carbonyl (C=O) groups is 1. The molecule has 4 heteroatoms. The van der Waals surface area contributed by atoms with Crippen molar-refractivity contribution in [1.82, 2.24) is 4.90 Å². The number of nitrogens with zero attached hydrogens (tertiary/aromatic N) is 1. The van der Waals surface area contributed by atoms with E-state index in [9.17, 15) is 9.18 Å². The fraction of sp³-hybridized carbons (Fsp3) is 0.174. The molecule has 0 unspecified atom stereocenters. The Hall–Kier alpha value is -2.05. The molecule has 2 nitrogen and oxygen atoms in total. The second-order valence-electron chi connectivity index (χ2n) is 6.48. The highest BCUT2D eigenvalue weighted by Gasteiger charge is 2.14. The predicted molar refractivity (Wildman–Crippen MR) is 115 cm³/mol. The van der Waals surface area contributed by atoms with Gasteiger partial charge in [0.1, 0.15) is 5.82 Å². The van der Waals surface area contributed by atoms with Crippen LogP contribution in [0.3, 0.4) is 0 Å². The maximum absolute atomic E-state index is 13.3. The summed E-state index contributed by atoms with van der Waals surface area (Å²) in [6.07, 6.45) is 0.404. The van der Waals surface area contributed by atoms with E-state index in [2.05, 4.69) is 29.2 Å². The van der Waals surface area contributed by atoms with E-state index in [1.165, 1.54) is 23.3 Å². The third kappa shape index (κ3) is 5.97. The Morgan fingerprint density at radius 1 is 0.852 bits per heavy atom. The van der Waals surface area contributed by atoms with Gasteiger partial charge in [-0.05, 0) is 51.9 Å². The Kier molecular flexibility index (Phi) is 7.12. The van der Waals surface area contributed by atoms with Crippen LogP contribution in [0.15, 0.2) is 78.9 Å². The zero-order valence-corrected chi connectivity index (χ0v) is 17.1. The largest absolute Gasteiger partial charge is 0.294 e. The van der Waals surface area contributed by atoms with Gasteiger partial charge < -0.3 is 0 Å². The van der Waals surface area contributed by atoms with Gasteiger partial charge in [0.15, 0.2) is 5.78 Å². The quantitative estimate of drug-likeness (QED) is 0.309. The molecule has 0 saturated heterocycles. The lowest BCUT2D eigenvalue weighted by molar-refractivity contribution is 0.0959. The van der Waals surface area contributed by atoms with Gasteiger partial charge in [-0.2, -0.15) is 0 Å². The molecule has 0 saturated carbocycles. The summed E-state index contributed by atoms with van der Waals surface area (Å²) in [7, 11) is 0. The second kappa shape index (κ2) is 9.76. The molecule has 0 amide bonds. The van der Waals surface area contributed by atoms with Crippen molar-refractivity contribution >= 4 is 28.4 Å². The zero-order chi connectivity index (χ0) is 19.1. The van der Waals surface area contributed by atoms with E-state index in [1.54, 1.807) is 6.07 Å². The van der Waals surface area contributed by atoms with Gasteiger partial charge in [-0.1, -0.05) is 60.7 Å². The van der Waals surface area contributed by atoms with E-state index >= 15 is 0 Å². The molecule has 0 aromatic heterocycles. The fourth-order valence-corrected chi connectivity index (χ4v) is 3.79. The van der Waals surface area contributed by atoms with E-state index in [0.717, 1.165) is 13.1 Å². The van der Waals surface area contributed by atoms with Gasteiger partial charge >= 0.3 is 0 Å². The molecular formula is C23H21FINO. The number of rotatable bonds is 8. The van der Waals surface area contributed by atoms with Crippen molar-refractivity contribution in [3.8, 4) is 0 Å². The molecule has 27 heavy (non-hydrogen) atoms. The molecule has 0 aliphatic rings. The molecule has 0 atom stereocenters. The average Bonchev–Trinajstić information content (AvgIpc) is 2.67. The highest BCUT2D eigenvalue weighted by atomic mass is 127. The van der Waals surface area contributed by atoms with Gasteiger partial charge in [-0.3, -0.25) is 9.69 Å². The molecule has 0 aliphatic heterocycles. The summed E-state index contributed by atoms with van der Waals surface area (Å²) in [4.78, 5) is 14.9. The molecule has 0 heterocycles. The highest BCUT2D eigenvalue weighted by Crippen LogP contribution is 2.17. The van der Waals surface area contributed by atoms with E-state index in [1.807, 2.05) is 59.0 Å². The Bertz CT molecular complexity index is 842. The third-order valence-corrected chi connectivity index (χ3v) is 5.28. The summed E-state index contributed by atoms with van der Waals surface area (Å²) in [5.41, 5.74) is 3.03. The van der Waals surface area contributed by atoms with Gasteiger partial charge in [0.05, 0.1) is 0 Å². The SMILES string of the molecule is O=C(CCN(Cc1ccccc1)Cc1ccccc1)c1ccc(F)cc1I. The lowest BCUT2D eigenvalue weighted by Crippen LogP contribution is -2.26. The van der Waals surface area contributed by atoms with Crippen LogP contribution in [0.2, 0.25) is 0 Å².